The standard InChI is InChI=1S/C11H24O2Si/c1-7-9(10-8-12-10)13-14(5,6)11(2,3)4/h9-10H,7-8H2,1-6H3/t9-,10+/m1/s1. The van der Waals surface area contributed by atoms with Crippen LogP contribution in [0.1, 0.15) is 34.1 Å². The zero-order valence-corrected chi connectivity index (χ0v) is 11.4. The Hall–Kier alpha value is 0.137. The quantitative estimate of drug-likeness (QED) is 0.532. The molecule has 0 aromatic carbocycles. The summed E-state index contributed by atoms with van der Waals surface area (Å²) in [7, 11) is -1.59. The van der Waals surface area contributed by atoms with Crippen molar-refractivity contribution in [2.75, 3.05) is 6.61 Å². The van der Waals surface area contributed by atoms with E-state index in [0.29, 0.717) is 17.2 Å². The second-order valence-corrected chi connectivity index (χ2v) is 10.5. The number of rotatable bonds is 4. The van der Waals surface area contributed by atoms with Gasteiger partial charge >= 0.3 is 0 Å². The second-order valence-electron chi connectivity index (χ2n) is 5.70. The summed E-state index contributed by atoms with van der Waals surface area (Å²) in [5.74, 6) is 0. The predicted octanol–water partition coefficient (Wildman–Crippen LogP) is 3.19. The minimum absolute atomic E-state index is 0.301. The Balaban J connectivity index is 2.55. The SMILES string of the molecule is CC[C@@H](O[Si](C)(C)C(C)(C)C)[C@@H]1CO1. The van der Waals surface area contributed by atoms with Gasteiger partial charge in [0.05, 0.1) is 12.7 Å². The topological polar surface area (TPSA) is 21.8 Å². The van der Waals surface area contributed by atoms with E-state index in [1.807, 2.05) is 0 Å². The van der Waals surface area contributed by atoms with Gasteiger partial charge in [0, 0.05) is 0 Å². The third-order valence-electron chi connectivity index (χ3n) is 3.43. The van der Waals surface area contributed by atoms with E-state index in [9.17, 15) is 0 Å². The van der Waals surface area contributed by atoms with Gasteiger partial charge in [0.1, 0.15) is 6.10 Å². The highest BCUT2D eigenvalue weighted by atomic mass is 28.4. The molecule has 14 heavy (non-hydrogen) atoms. The number of epoxide rings is 1. The fraction of sp³-hybridized carbons (Fsp3) is 1.00. The van der Waals surface area contributed by atoms with Crippen molar-refractivity contribution in [3.8, 4) is 0 Å². The zero-order chi connectivity index (χ0) is 11.0. The first kappa shape index (κ1) is 12.2. The first-order valence-corrected chi connectivity index (χ1v) is 8.48. The molecule has 2 atom stereocenters. The molecular formula is C11H24O2Si. The minimum atomic E-state index is -1.59. The van der Waals surface area contributed by atoms with Crippen molar-refractivity contribution >= 4 is 8.32 Å². The molecule has 1 aliphatic heterocycles. The van der Waals surface area contributed by atoms with Gasteiger partial charge in [-0.1, -0.05) is 27.7 Å². The van der Waals surface area contributed by atoms with E-state index in [2.05, 4.69) is 40.8 Å². The summed E-state index contributed by atoms with van der Waals surface area (Å²) < 4.78 is 11.6. The summed E-state index contributed by atoms with van der Waals surface area (Å²) in [5, 5.41) is 0.301. The highest BCUT2D eigenvalue weighted by Crippen LogP contribution is 2.38. The van der Waals surface area contributed by atoms with Gasteiger partial charge < -0.3 is 9.16 Å². The number of hydrogen-bond donors (Lipinski definition) is 0. The number of ether oxygens (including phenoxy) is 1. The summed E-state index contributed by atoms with van der Waals surface area (Å²) in [6.07, 6.45) is 1.78. The molecule has 0 unspecified atom stereocenters. The lowest BCUT2D eigenvalue weighted by Crippen LogP contribution is -2.45. The molecule has 0 amide bonds. The van der Waals surface area contributed by atoms with Crippen LogP contribution in [0.2, 0.25) is 18.1 Å². The van der Waals surface area contributed by atoms with Gasteiger partial charge in [0.2, 0.25) is 0 Å². The van der Waals surface area contributed by atoms with Crippen LogP contribution in [0.25, 0.3) is 0 Å². The van der Waals surface area contributed by atoms with E-state index in [1.165, 1.54) is 0 Å². The molecule has 0 aromatic rings. The molecule has 0 radical (unpaired) electrons. The van der Waals surface area contributed by atoms with Gasteiger partial charge in [-0.15, -0.1) is 0 Å². The van der Waals surface area contributed by atoms with Gasteiger partial charge in [-0.2, -0.15) is 0 Å². The molecule has 1 saturated heterocycles. The Labute approximate surface area is 89.1 Å². The average Bonchev–Trinajstić information content (AvgIpc) is 2.80. The molecule has 0 saturated carbocycles. The molecule has 1 aliphatic rings. The summed E-state index contributed by atoms with van der Waals surface area (Å²) in [4.78, 5) is 0. The molecule has 0 N–H and O–H groups in total. The van der Waals surface area contributed by atoms with Crippen LogP contribution in [-0.4, -0.2) is 27.1 Å². The van der Waals surface area contributed by atoms with Crippen LogP contribution in [0.4, 0.5) is 0 Å². The Morgan fingerprint density at radius 1 is 1.43 bits per heavy atom. The van der Waals surface area contributed by atoms with Gasteiger partial charge in [-0.3, -0.25) is 0 Å². The van der Waals surface area contributed by atoms with Crippen LogP contribution in [0.3, 0.4) is 0 Å². The van der Waals surface area contributed by atoms with Crippen molar-refractivity contribution < 1.29 is 9.16 Å². The zero-order valence-electron chi connectivity index (χ0n) is 10.4. The maximum atomic E-state index is 6.29. The Morgan fingerprint density at radius 3 is 2.21 bits per heavy atom. The van der Waals surface area contributed by atoms with E-state index in [4.69, 9.17) is 9.16 Å². The molecule has 0 aliphatic carbocycles. The van der Waals surface area contributed by atoms with Gasteiger partial charge in [-0.05, 0) is 24.6 Å². The Bertz CT molecular complexity index is 192. The molecule has 84 valence electrons. The van der Waals surface area contributed by atoms with E-state index in [1.54, 1.807) is 0 Å². The van der Waals surface area contributed by atoms with E-state index < -0.39 is 8.32 Å². The van der Waals surface area contributed by atoms with Crippen molar-refractivity contribution in [3.63, 3.8) is 0 Å². The molecule has 0 bridgehead atoms. The van der Waals surface area contributed by atoms with E-state index in [-0.39, 0.29) is 0 Å². The minimum Gasteiger partial charge on any atom is -0.411 e. The third kappa shape index (κ3) is 2.81. The lowest BCUT2D eigenvalue weighted by molar-refractivity contribution is 0.139. The Morgan fingerprint density at radius 2 is 1.93 bits per heavy atom. The summed E-state index contributed by atoms with van der Waals surface area (Å²) in [6, 6.07) is 0. The van der Waals surface area contributed by atoms with Crippen LogP contribution in [0.5, 0.6) is 0 Å². The molecule has 0 aromatic heterocycles. The fourth-order valence-corrected chi connectivity index (χ4v) is 2.68. The van der Waals surface area contributed by atoms with Crippen molar-refractivity contribution in [1.29, 1.82) is 0 Å². The summed E-state index contributed by atoms with van der Waals surface area (Å²) in [6.45, 7) is 14.5. The maximum absolute atomic E-state index is 6.29. The molecule has 3 heteroatoms. The van der Waals surface area contributed by atoms with E-state index >= 15 is 0 Å². The Kier molecular flexibility index (Phi) is 3.44. The number of hydrogen-bond acceptors (Lipinski definition) is 2. The lowest BCUT2D eigenvalue weighted by Gasteiger charge is -2.38. The molecule has 1 rings (SSSR count). The van der Waals surface area contributed by atoms with Gasteiger partial charge in [0.25, 0.3) is 0 Å². The van der Waals surface area contributed by atoms with Crippen molar-refractivity contribution in [2.24, 2.45) is 0 Å². The van der Waals surface area contributed by atoms with Gasteiger partial charge in [-0.25, -0.2) is 0 Å². The van der Waals surface area contributed by atoms with Crippen molar-refractivity contribution in [1.82, 2.24) is 0 Å². The summed E-state index contributed by atoms with van der Waals surface area (Å²) >= 11 is 0. The van der Waals surface area contributed by atoms with Crippen LogP contribution in [0.15, 0.2) is 0 Å². The molecule has 0 spiro atoms. The second kappa shape index (κ2) is 3.95. The highest BCUT2D eigenvalue weighted by molar-refractivity contribution is 6.74. The van der Waals surface area contributed by atoms with Crippen LogP contribution in [-0.2, 0) is 9.16 Å². The third-order valence-corrected chi connectivity index (χ3v) is 7.93. The van der Waals surface area contributed by atoms with Gasteiger partial charge in [0.15, 0.2) is 8.32 Å². The van der Waals surface area contributed by atoms with Crippen LogP contribution in [0, 0.1) is 0 Å². The molecule has 1 heterocycles. The molecule has 1 fully saturated rings. The van der Waals surface area contributed by atoms with Crippen LogP contribution >= 0.6 is 0 Å². The van der Waals surface area contributed by atoms with Crippen molar-refractivity contribution in [2.45, 2.75) is 64.5 Å². The van der Waals surface area contributed by atoms with Crippen molar-refractivity contribution in [3.05, 3.63) is 0 Å². The van der Waals surface area contributed by atoms with Crippen LogP contribution < -0.4 is 0 Å². The van der Waals surface area contributed by atoms with E-state index in [0.717, 1.165) is 13.0 Å². The monoisotopic (exact) mass is 216 g/mol. The smallest absolute Gasteiger partial charge is 0.192 e. The summed E-state index contributed by atoms with van der Waals surface area (Å²) in [5.41, 5.74) is 0. The normalized spacial score (nSPS) is 24.9. The molecule has 2 nitrogen and oxygen atoms in total. The lowest BCUT2D eigenvalue weighted by atomic mass is 10.2. The fourth-order valence-electron chi connectivity index (χ4n) is 1.25. The molecular weight excluding hydrogens is 192 g/mol. The first-order chi connectivity index (χ1) is 6.28. The highest BCUT2D eigenvalue weighted by Gasteiger charge is 2.42. The first-order valence-electron chi connectivity index (χ1n) is 5.57. The maximum Gasteiger partial charge on any atom is 0.192 e. The average molecular weight is 216 g/mol. The largest absolute Gasteiger partial charge is 0.411 e. The predicted molar refractivity (Wildman–Crippen MR) is 62.1 cm³/mol.